The Morgan fingerprint density at radius 3 is 2.77 bits per heavy atom. The number of para-hydroxylation sites is 1. The van der Waals surface area contributed by atoms with Crippen molar-refractivity contribution in [2.24, 2.45) is 0 Å². The van der Waals surface area contributed by atoms with Crippen LogP contribution in [0.5, 0.6) is 11.5 Å². The van der Waals surface area contributed by atoms with Gasteiger partial charge >= 0.3 is 5.97 Å². The molecule has 0 aliphatic rings. The highest BCUT2D eigenvalue weighted by Gasteiger charge is 2.07. The highest BCUT2D eigenvalue weighted by molar-refractivity contribution is 5.70. The van der Waals surface area contributed by atoms with Crippen molar-refractivity contribution in [3.8, 4) is 11.5 Å². The standard InChI is InChI=1S/C10H12O3/c1-3-8-5-4-6-9(10(8)12)13-7(2)11/h4-6,12H,3H2,1-2H3. The molecule has 0 saturated carbocycles. The number of carbonyl (C=O) groups is 1. The van der Waals surface area contributed by atoms with E-state index in [9.17, 15) is 9.90 Å². The van der Waals surface area contributed by atoms with Crippen molar-refractivity contribution >= 4 is 5.97 Å². The van der Waals surface area contributed by atoms with Crippen molar-refractivity contribution in [3.63, 3.8) is 0 Å². The first kappa shape index (κ1) is 9.58. The van der Waals surface area contributed by atoms with Gasteiger partial charge in [-0.05, 0) is 18.1 Å². The molecule has 0 saturated heterocycles. The molecule has 0 aliphatic carbocycles. The number of phenolic OH excluding ortho intramolecular Hbond substituents is 1. The molecule has 0 fully saturated rings. The van der Waals surface area contributed by atoms with Crippen molar-refractivity contribution < 1.29 is 14.6 Å². The molecule has 3 nitrogen and oxygen atoms in total. The Labute approximate surface area is 77.0 Å². The third-order valence-corrected chi connectivity index (χ3v) is 1.72. The van der Waals surface area contributed by atoms with Gasteiger partial charge in [-0.15, -0.1) is 0 Å². The maximum absolute atomic E-state index is 10.6. The lowest BCUT2D eigenvalue weighted by Crippen LogP contribution is -2.02. The van der Waals surface area contributed by atoms with Gasteiger partial charge in [-0.1, -0.05) is 19.1 Å². The fraction of sp³-hybridized carbons (Fsp3) is 0.300. The minimum Gasteiger partial charge on any atom is -0.504 e. The van der Waals surface area contributed by atoms with Crippen LogP contribution in [0.2, 0.25) is 0 Å². The van der Waals surface area contributed by atoms with Crippen LogP contribution in [0.3, 0.4) is 0 Å². The minimum absolute atomic E-state index is 0.0557. The molecule has 1 aromatic rings. The number of aromatic hydroxyl groups is 1. The van der Waals surface area contributed by atoms with E-state index in [-0.39, 0.29) is 11.5 Å². The summed E-state index contributed by atoms with van der Waals surface area (Å²) >= 11 is 0. The third-order valence-electron chi connectivity index (χ3n) is 1.72. The molecular weight excluding hydrogens is 168 g/mol. The molecule has 0 atom stereocenters. The fourth-order valence-electron chi connectivity index (χ4n) is 1.09. The van der Waals surface area contributed by atoms with Crippen LogP contribution in [0, 0.1) is 0 Å². The molecule has 70 valence electrons. The van der Waals surface area contributed by atoms with Crippen LogP contribution in [-0.4, -0.2) is 11.1 Å². The second-order valence-corrected chi connectivity index (χ2v) is 2.71. The van der Waals surface area contributed by atoms with Gasteiger partial charge in [-0.25, -0.2) is 0 Å². The summed E-state index contributed by atoms with van der Waals surface area (Å²) in [6, 6.07) is 5.11. The van der Waals surface area contributed by atoms with Crippen molar-refractivity contribution in [1.29, 1.82) is 0 Å². The van der Waals surface area contributed by atoms with Gasteiger partial charge in [0.25, 0.3) is 0 Å². The molecule has 0 radical (unpaired) electrons. The molecule has 0 aliphatic heterocycles. The first-order valence-electron chi connectivity index (χ1n) is 4.14. The van der Waals surface area contributed by atoms with Crippen molar-refractivity contribution in [2.45, 2.75) is 20.3 Å². The zero-order valence-electron chi connectivity index (χ0n) is 7.70. The lowest BCUT2D eigenvalue weighted by Gasteiger charge is -2.06. The summed E-state index contributed by atoms with van der Waals surface area (Å²) in [5.74, 6) is -0.143. The van der Waals surface area contributed by atoms with Gasteiger partial charge in [-0.3, -0.25) is 4.79 Å². The Morgan fingerprint density at radius 2 is 2.23 bits per heavy atom. The van der Waals surface area contributed by atoms with Crippen LogP contribution in [0.25, 0.3) is 0 Å². The van der Waals surface area contributed by atoms with E-state index in [4.69, 9.17) is 4.74 Å². The van der Waals surface area contributed by atoms with E-state index >= 15 is 0 Å². The average molecular weight is 180 g/mol. The van der Waals surface area contributed by atoms with Crippen molar-refractivity contribution in [2.75, 3.05) is 0 Å². The van der Waals surface area contributed by atoms with Gasteiger partial charge in [0, 0.05) is 6.92 Å². The summed E-state index contributed by atoms with van der Waals surface area (Å²) in [7, 11) is 0. The number of esters is 1. The van der Waals surface area contributed by atoms with Crippen molar-refractivity contribution in [1.82, 2.24) is 0 Å². The van der Waals surface area contributed by atoms with Crippen molar-refractivity contribution in [3.05, 3.63) is 23.8 Å². The number of rotatable bonds is 2. The molecule has 0 aromatic heterocycles. The SMILES string of the molecule is CCc1cccc(OC(C)=O)c1O. The van der Waals surface area contributed by atoms with E-state index < -0.39 is 5.97 Å². The average Bonchev–Trinajstić information content (AvgIpc) is 2.08. The van der Waals surface area contributed by atoms with Crippen LogP contribution in [-0.2, 0) is 11.2 Å². The first-order chi connectivity index (χ1) is 6.15. The highest BCUT2D eigenvalue weighted by Crippen LogP contribution is 2.29. The largest absolute Gasteiger partial charge is 0.504 e. The topological polar surface area (TPSA) is 46.5 Å². The van der Waals surface area contributed by atoms with E-state index in [2.05, 4.69) is 0 Å². The maximum Gasteiger partial charge on any atom is 0.308 e. The summed E-state index contributed by atoms with van der Waals surface area (Å²) in [6.07, 6.45) is 0.709. The van der Waals surface area contributed by atoms with Crippen LogP contribution in [0.15, 0.2) is 18.2 Å². The lowest BCUT2D eigenvalue weighted by molar-refractivity contribution is -0.132. The predicted octanol–water partition coefficient (Wildman–Crippen LogP) is 1.88. The second-order valence-electron chi connectivity index (χ2n) is 2.71. The molecular formula is C10H12O3. The summed E-state index contributed by atoms with van der Waals surface area (Å²) in [5.41, 5.74) is 0.777. The van der Waals surface area contributed by atoms with Crippen LogP contribution >= 0.6 is 0 Å². The molecule has 13 heavy (non-hydrogen) atoms. The maximum atomic E-state index is 10.6. The Hall–Kier alpha value is -1.51. The Bertz CT molecular complexity index is 318. The molecule has 0 unspecified atom stereocenters. The number of ether oxygens (including phenoxy) is 1. The van der Waals surface area contributed by atoms with Gasteiger partial charge in [0.05, 0.1) is 0 Å². The number of phenols is 1. The highest BCUT2D eigenvalue weighted by atomic mass is 16.5. The van der Waals surface area contributed by atoms with Gasteiger partial charge in [0.1, 0.15) is 0 Å². The molecule has 0 bridgehead atoms. The van der Waals surface area contributed by atoms with E-state index in [1.54, 1.807) is 18.2 Å². The summed E-state index contributed by atoms with van der Waals surface area (Å²) in [6.45, 7) is 3.23. The molecule has 1 rings (SSSR count). The number of carbonyl (C=O) groups excluding carboxylic acids is 1. The van der Waals surface area contributed by atoms with Gasteiger partial charge in [0.2, 0.25) is 0 Å². The zero-order valence-corrected chi connectivity index (χ0v) is 7.70. The number of hydrogen-bond acceptors (Lipinski definition) is 3. The van der Waals surface area contributed by atoms with Crippen LogP contribution in [0.4, 0.5) is 0 Å². The van der Waals surface area contributed by atoms with E-state index in [1.807, 2.05) is 6.92 Å². The van der Waals surface area contributed by atoms with Gasteiger partial charge in [0.15, 0.2) is 11.5 Å². The molecule has 1 aromatic carbocycles. The van der Waals surface area contributed by atoms with Gasteiger partial charge < -0.3 is 9.84 Å². The molecule has 0 amide bonds. The fourth-order valence-corrected chi connectivity index (χ4v) is 1.09. The smallest absolute Gasteiger partial charge is 0.308 e. The summed E-state index contributed by atoms with van der Waals surface area (Å²) in [4.78, 5) is 10.6. The van der Waals surface area contributed by atoms with Gasteiger partial charge in [-0.2, -0.15) is 0 Å². The normalized spacial score (nSPS) is 9.69. The quantitative estimate of drug-likeness (QED) is 0.558. The minimum atomic E-state index is -0.427. The Kier molecular flexibility index (Phi) is 2.90. The monoisotopic (exact) mass is 180 g/mol. The summed E-state index contributed by atoms with van der Waals surface area (Å²) < 4.78 is 4.80. The van der Waals surface area contributed by atoms with E-state index in [0.717, 1.165) is 5.56 Å². The lowest BCUT2D eigenvalue weighted by atomic mass is 10.1. The molecule has 0 heterocycles. The summed E-state index contributed by atoms with van der Waals surface area (Å²) in [5, 5.41) is 9.56. The van der Waals surface area contributed by atoms with E-state index in [0.29, 0.717) is 6.42 Å². The number of hydrogen-bond donors (Lipinski definition) is 1. The zero-order chi connectivity index (χ0) is 9.84. The number of benzene rings is 1. The molecule has 3 heteroatoms. The van der Waals surface area contributed by atoms with Crippen LogP contribution < -0.4 is 4.74 Å². The molecule has 0 spiro atoms. The second kappa shape index (κ2) is 3.94. The number of aryl methyl sites for hydroxylation is 1. The first-order valence-corrected chi connectivity index (χ1v) is 4.14. The predicted molar refractivity (Wildman–Crippen MR) is 48.8 cm³/mol. The Morgan fingerprint density at radius 1 is 1.54 bits per heavy atom. The molecule has 1 N–H and O–H groups in total. The third kappa shape index (κ3) is 2.21. The Balaban J connectivity index is 3.01. The van der Waals surface area contributed by atoms with Crippen LogP contribution in [0.1, 0.15) is 19.4 Å². The van der Waals surface area contributed by atoms with E-state index in [1.165, 1.54) is 6.92 Å².